The van der Waals surface area contributed by atoms with Gasteiger partial charge >= 0.3 is 0 Å². The van der Waals surface area contributed by atoms with E-state index in [0.717, 1.165) is 25.7 Å². The molecule has 0 aromatic rings. The van der Waals surface area contributed by atoms with E-state index in [4.69, 9.17) is 4.74 Å². The van der Waals surface area contributed by atoms with Crippen LogP contribution in [0, 0.1) is 11.3 Å². The van der Waals surface area contributed by atoms with E-state index in [1.165, 1.54) is 38.6 Å². The molecule has 2 rings (SSSR count). The molecule has 1 unspecified atom stereocenters. The Hall–Kier alpha value is -0.0800. The first kappa shape index (κ1) is 10.4. The first-order valence-corrected chi connectivity index (χ1v) is 6.07. The van der Waals surface area contributed by atoms with Gasteiger partial charge in [0.25, 0.3) is 0 Å². The van der Waals surface area contributed by atoms with Gasteiger partial charge in [0.15, 0.2) is 0 Å². The largest absolute Gasteiger partial charge is 0.381 e. The minimum Gasteiger partial charge on any atom is -0.381 e. The van der Waals surface area contributed by atoms with Crippen LogP contribution in [0.25, 0.3) is 0 Å². The Morgan fingerprint density at radius 1 is 1.36 bits per heavy atom. The van der Waals surface area contributed by atoms with Crippen molar-refractivity contribution in [3.63, 3.8) is 0 Å². The van der Waals surface area contributed by atoms with Crippen molar-refractivity contribution in [1.82, 2.24) is 5.32 Å². The molecule has 1 saturated carbocycles. The summed E-state index contributed by atoms with van der Waals surface area (Å²) in [6.07, 6.45) is 6.96. The summed E-state index contributed by atoms with van der Waals surface area (Å²) < 4.78 is 5.36. The quantitative estimate of drug-likeness (QED) is 0.746. The zero-order valence-corrected chi connectivity index (χ0v) is 9.35. The van der Waals surface area contributed by atoms with Crippen LogP contribution in [0.15, 0.2) is 0 Å². The summed E-state index contributed by atoms with van der Waals surface area (Å²) in [6.45, 7) is 6.75. The summed E-state index contributed by atoms with van der Waals surface area (Å²) >= 11 is 0. The highest BCUT2D eigenvalue weighted by atomic mass is 16.5. The topological polar surface area (TPSA) is 21.3 Å². The lowest BCUT2D eigenvalue weighted by molar-refractivity contribution is 0.184. The van der Waals surface area contributed by atoms with Gasteiger partial charge in [0, 0.05) is 19.7 Å². The third kappa shape index (κ3) is 2.71. The highest BCUT2D eigenvalue weighted by molar-refractivity contribution is 4.82. The zero-order valence-electron chi connectivity index (χ0n) is 9.35. The summed E-state index contributed by atoms with van der Waals surface area (Å²) in [4.78, 5) is 0. The van der Waals surface area contributed by atoms with Gasteiger partial charge in [0.1, 0.15) is 0 Å². The first-order valence-electron chi connectivity index (χ1n) is 6.07. The minimum absolute atomic E-state index is 0.597. The van der Waals surface area contributed by atoms with Crippen LogP contribution in [0.3, 0.4) is 0 Å². The second kappa shape index (κ2) is 4.63. The van der Waals surface area contributed by atoms with E-state index in [1.807, 2.05) is 0 Å². The monoisotopic (exact) mass is 197 g/mol. The fourth-order valence-corrected chi connectivity index (χ4v) is 2.73. The van der Waals surface area contributed by atoms with Crippen LogP contribution in [-0.2, 0) is 4.74 Å². The van der Waals surface area contributed by atoms with E-state index in [-0.39, 0.29) is 0 Å². The molecule has 2 nitrogen and oxygen atoms in total. The Labute approximate surface area is 87.4 Å². The fourth-order valence-electron chi connectivity index (χ4n) is 2.73. The summed E-state index contributed by atoms with van der Waals surface area (Å²) in [6, 6.07) is 0. The van der Waals surface area contributed by atoms with Crippen molar-refractivity contribution in [3.05, 3.63) is 0 Å². The minimum atomic E-state index is 0.597. The van der Waals surface area contributed by atoms with Crippen molar-refractivity contribution in [2.24, 2.45) is 11.3 Å². The van der Waals surface area contributed by atoms with Crippen molar-refractivity contribution >= 4 is 0 Å². The SMILES string of the molecule is CC1(CNCC2CCOC2)CCCC1. The van der Waals surface area contributed by atoms with Crippen LogP contribution >= 0.6 is 0 Å². The Morgan fingerprint density at radius 2 is 2.14 bits per heavy atom. The summed E-state index contributed by atoms with van der Waals surface area (Å²) in [5, 5.41) is 3.63. The molecule has 0 radical (unpaired) electrons. The lowest BCUT2D eigenvalue weighted by atomic mass is 9.89. The highest BCUT2D eigenvalue weighted by Crippen LogP contribution is 2.36. The highest BCUT2D eigenvalue weighted by Gasteiger charge is 2.28. The lowest BCUT2D eigenvalue weighted by Gasteiger charge is -2.24. The Kier molecular flexibility index (Phi) is 3.45. The molecule has 1 heterocycles. The normalized spacial score (nSPS) is 31.1. The van der Waals surface area contributed by atoms with Crippen LogP contribution in [-0.4, -0.2) is 26.3 Å². The van der Waals surface area contributed by atoms with Crippen molar-refractivity contribution in [3.8, 4) is 0 Å². The summed E-state index contributed by atoms with van der Waals surface area (Å²) in [7, 11) is 0. The molecule has 0 amide bonds. The third-order valence-electron chi connectivity index (χ3n) is 3.82. The second-order valence-corrected chi connectivity index (χ2v) is 5.38. The molecule has 0 bridgehead atoms. The van der Waals surface area contributed by atoms with Crippen molar-refractivity contribution in [2.45, 2.75) is 39.0 Å². The van der Waals surface area contributed by atoms with E-state index in [1.54, 1.807) is 0 Å². The number of hydrogen-bond donors (Lipinski definition) is 1. The molecule has 82 valence electrons. The third-order valence-corrected chi connectivity index (χ3v) is 3.82. The van der Waals surface area contributed by atoms with Gasteiger partial charge in [-0.2, -0.15) is 0 Å². The van der Waals surface area contributed by atoms with Crippen LogP contribution in [0.1, 0.15) is 39.0 Å². The standard InChI is InChI=1S/C12H23NO/c1-12(5-2-3-6-12)10-13-8-11-4-7-14-9-11/h11,13H,2-10H2,1H3. The molecule has 0 aromatic carbocycles. The molecule has 14 heavy (non-hydrogen) atoms. The van der Waals surface area contributed by atoms with E-state index >= 15 is 0 Å². The van der Waals surface area contributed by atoms with Crippen LogP contribution in [0.4, 0.5) is 0 Å². The average Bonchev–Trinajstić information content (AvgIpc) is 2.77. The molecule has 1 saturated heterocycles. The zero-order chi connectivity index (χ0) is 9.86. The van der Waals surface area contributed by atoms with Gasteiger partial charge in [-0.25, -0.2) is 0 Å². The van der Waals surface area contributed by atoms with E-state index < -0.39 is 0 Å². The number of hydrogen-bond acceptors (Lipinski definition) is 2. The predicted octanol–water partition coefficient (Wildman–Crippen LogP) is 2.19. The Bertz CT molecular complexity index is 169. The summed E-state index contributed by atoms with van der Waals surface area (Å²) in [5.41, 5.74) is 0.597. The molecule has 1 atom stereocenters. The average molecular weight is 197 g/mol. The predicted molar refractivity (Wildman–Crippen MR) is 58.4 cm³/mol. The maximum Gasteiger partial charge on any atom is 0.0507 e. The van der Waals surface area contributed by atoms with Crippen molar-refractivity contribution in [1.29, 1.82) is 0 Å². The van der Waals surface area contributed by atoms with Crippen molar-refractivity contribution in [2.75, 3.05) is 26.3 Å². The lowest BCUT2D eigenvalue weighted by Crippen LogP contribution is -2.33. The Balaban J connectivity index is 1.61. The van der Waals surface area contributed by atoms with E-state index in [0.29, 0.717) is 5.41 Å². The van der Waals surface area contributed by atoms with E-state index in [9.17, 15) is 0 Å². The molecule has 1 N–H and O–H groups in total. The maximum absolute atomic E-state index is 5.36. The first-order chi connectivity index (χ1) is 6.79. The van der Waals surface area contributed by atoms with Crippen molar-refractivity contribution < 1.29 is 4.74 Å². The van der Waals surface area contributed by atoms with Crippen LogP contribution in [0.5, 0.6) is 0 Å². The molecule has 2 fully saturated rings. The van der Waals surface area contributed by atoms with E-state index in [2.05, 4.69) is 12.2 Å². The molecule has 2 aliphatic rings. The number of ether oxygens (including phenoxy) is 1. The van der Waals surface area contributed by atoms with Gasteiger partial charge in [-0.15, -0.1) is 0 Å². The van der Waals surface area contributed by atoms with Crippen LogP contribution in [0.2, 0.25) is 0 Å². The summed E-state index contributed by atoms with van der Waals surface area (Å²) in [5.74, 6) is 0.778. The number of nitrogens with one attached hydrogen (secondary N) is 1. The van der Waals surface area contributed by atoms with Crippen LogP contribution < -0.4 is 5.32 Å². The smallest absolute Gasteiger partial charge is 0.0507 e. The van der Waals surface area contributed by atoms with Gasteiger partial charge in [-0.1, -0.05) is 19.8 Å². The number of rotatable bonds is 4. The molecular formula is C12H23NO. The Morgan fingerprint density at radius 3 is 2.79 bits per heavy atom. The van der Waals surface area contributed by atoms with Gasteiger partial charge in [0.05, 0.1) is 6.61 Å². The van der Waals surface area contributed by atoms with Gasteiger partial charge in [0.2, 0.25) is 0 Å². The molecule has 2 heteroatoms. The maximum atomic E-state index is 5.36. The molecule has 0 spiro atoms. The molecule has 1 aliphatic carbocycles. The second-order valence-electron chi connectivity index (χ2n) is 5.38. The fraction of sp³-hybridized carbons (Fsp3) is 1.00. The molecular weight excluding hydrogens is 174 g/mol. The van der Waals surface area contributed by atoms with Gasteiger partial charge in [-0.05, 0) is 30.6 Å². The van der Waals surface area contributed by atoms with Gasteiger partial charge in [-0.3, -0.25) is 0 Å². The molecule has 1 aliphatic heterocycles. The molecule has 0 aromatic heterocycles. The van der Waals surface area contributed by atoms with Gasteiger partial charge < -0.3 is 10.1 Å².